The van der Waals surface area contributed by atoms with E-state index in [1.165, 1.54) is 20.8 Å². The molecule has 26 heteroatoms. The molecule has 0 atom stereocenters. The lowest BCUT2D eigenvalue weighted by Gasteiger charge is -2.37. The fraction of sp³-hybridized carbons (Fsp3) is 0.897. The summed E-state index contributed by atoms with van der Waals surface area (Å²) in [6, 6.07) is 0. The van der Waals surface area contributed by atoms with Crippen molar-refractivity contribution in [2.24, 2.45) is 0 Å². The van der Waals surface area contributed by atoms with Crippen LogP contribution in [0.4, 0.5) is 114 Å². The molecule has 0 radical (unpaired) electrons. The van der Waals surface area contributed by atoms with E-state index < -0.39 is 136 Å². The Bertz CT molecular complexity index is 950. The second kappa shape index (κ2) is 21.3. The van der Waals surface area contributed by atoms with Gasteiger partial charge in [0.2, 0.25) is 11.8 Å². The van der Waals surface area contributed by atoms with Crippen LogP contribution in [0.25, 0.3) is 0 Å². The van der Waals surface area contributed by atoms with Crippen LogP contribution in [0.3, 0.4) is 0 Å². The molecule has 0 aliphatic heterocycles. The van der Waals surface area contributed by atoms with E-state index in [1.807, 2.05) is 0 Å². The van der Waals surface area contributed by atoms with Crippen molar-refractivity contribution >= 4 is 0 Å². The van der Waals surface area contributed by atoms with Gasteiger partial charge in [0.15, 0.2) is 0 Å². The number of hydrogen-bond donors (Lipinski definition) is 0. The Labute approximate surface area is 297 Å². The quantitative estimate of drug-likeness (QED) is 0.101. The predicted octanol–water partition coefficient (Wildman–Crippen LogP) is 15.7. The van der Waals surface area contributed by atoms with Gasteiger partial charge < -0.3 is 11.8 Å². The summed E-state index contributed by atoms with van der Waals surface area (Å²) in [6.07, 6.45) is -48.2. The summed E-state index contributed by atoms with van der Waals surface area (Å²) in [5.74, 6) is -21.7. The van der Waals surface area contributed by atoms with Gasteiger partial charge >= 0.3 is 48.9 Å². The van der Waals surface area contributed by atoms with Crippen LogP contribution < -0.4 is 0 Å². The molecule has 0 fully saturated rings. The molecule has 0 aliphatic rings. The summed E-state index contributed by atoms with van der Waals surface area (Å²) in [4.78, 5) is 0. The average Bonchev–Trinajstić information content (AvgIpc) is 2.82. The first-order chi connectivity index (χ1) is 23.8. The third-order valence-corrected chi connectivity index (χ3v) is 6.32. The first-order valence-electron chi connectivity index (χ1n) is 15.3. The van der Waals surface area contributed by atoms with Crippen molar-refractivity contribution in [3.8, 4) is 0 Å². The topological polar surface area (TPSA) is 0 Å². The van der Waals surface area contributed by atoms with Gasteiger partial charge in [-0.05, 0) is 0 Å². The highest BCUT2D eigenvalue weighted by atomic mass is 19.4. The summed E-state index contributed by atoms with van der Waals surface area (Å²) >= 11 is 0. The number of hydrogen-bond acceptors (Lipinski definition) is 0. The van der Waals surface area contributed by atoms with Crippen molar-refractivity contribution in [2.45, 2.75) is 165 Å². The van der Waals surface area contributed by atoms with Crippen LogP contribution in [0.2, 0.25) is 0 Å². The minimum atomic E-state index is -6.00. The van der Waals surface area contributed by atoms with E-state index in [0.717, 1.165) is 0 Å². The normalized spacial score (nSPS) is 14.6. The van der Waals surface area contributed by atoms with Gasteiger partial charge in [0.25, 0.3) is 0 Å². The van der Waals surface area contributed by atoms with Crippen molar-refractivity contribution in [1.82, 2.24) is 0 Å². The Morgan fingerprint density at radius 1 is 0.309 bits per heavy atom. The molecule has 0 aromatic heterocycles. The molecule has 0 saturated heterocycles. The Balaban J connectivity index is -0.000000762. The van der Waals surface area contributed by atoms with E-state index in [9.17, 15) is 114 Å². The molecule has 0 aromatic rings. The second-order valence-electron chi connectivity index (χ2n) is 12.1. The van der Waals surface area contributed by atoms with Crippen LogP contribution in [0.5, 0.6) is 0 Å². The molecule has 0 bridgehead atoms. The molecule has 0 aromatic carbocycles. The first kappa shape index (κ1) is 57.5. The maximum atomic E-state index is 13.2. The molecule has 0 spiro atoms. The zero-order valence-electron chi connectivity index (χ0n) is 28.5. The fourth-order valence-electron chi connectivity index (χ4n) is 4.34. The molecular weight excluding hydrogens is 842 g/mol. The molecule has 0 rings (SSSR count). The summed E-state index contributed by atoms with van der Waals surface area (Å²) in [5.41, 5.74) is 0. The maximum absolute atomic E-state index is 13.2. The Morgan fingerprint density at radius 3 is 0.745 bits per heavy atom. The molecule has 0 heterocycles. The molecular formula is C29H35F26-3. The molecule has 0 amide bonds. The smallest absolute Gasteiger partial charge is 0.302 e. The summed E-state index contributed by atoms with van der Waals surface area (Å²) in [7, 11) is 0. The zero-order valence-corrected chi connectivity index (χ0v) is 28.5. The molecule has 55 heavy (non-hydrogen) atoms. The Morgan fingerprint density at radius 2 is 0.564 bits per heavy atom. The lowest BCUT2D eigenvalue weighted by molar-refractivity contribution is -0.292. The summed E-state index contributed by atoms with van der Waals surface area (Å²) in [5, 5.41) is 0. The van der Waals surface area contributed by atoms with Crippen molar-refractivity contribution < 1.29 is 114 Å². The molecule has 0 N–H and O–H groups in total. The monoisotopic (exact) mass is 877 g/mol. The lowest BCUT2D eigenvalue weighted by Crippen LogP contribution is -2.41. The van der Waals surface area contributed by atoms with Crippen molar-refractivity contribution in [2.75, 3.05) is 0 Å². The maximum Gasteiger partial charge on any atom is 0.450 e. The van der Waals surface area contributed by atoms with Crippen LogP contribution in [0.15, 0.2) is 0 Å². The Kier molecular flexibility index (Phi) is 22.2. The van der Waals surface area contributed by atoms with E-state index in [0.29, 0.717) is 0 Å². The highest BCUT2D eigenvalue weighted by molar-refractivity contribution is 5.02. The van der Waals surface area contributed by atoms with Crippen LogP contribution in [0, 0.1) is 17.8 Å². The van der Waals surface area contributed by atoms with E-state index in [1.54, 1.807) is 0 Å². The van der Waals surface area contributed by atoms with Crippen LogP contribution in [-0.4, -0.2) is 60.7 Å². The highest BCUT2D eigenvalue weighted by Crippen LogP contribution is 2.48. The third kappa shape index (κ3) is 30.0. The van der Waals surface area contributed by atoms with E-state index in [4.69, 9.17) is 0 Å². The molecule has 0 aliphatic carbocycles. The average molecular weight is 878 g/mol. The lowest BCUT2D eigenvalue weighted by atomic mass is 9.88. The molecule has 0 saturated carbocycles. The minimum absolute atomic E-state index is 0.0551. The molecule has 0 unspecified atom stereocenters. The van der Waals surface area contributed by atoms with Crippen molar-refractivity contribution in [3.63, 3.8) is 0 Å². The standard InChI is InChI=1S/C12H15F10.C10H11F10.C7H9F6/c1-2-3-8(4-9(13,14)6-11(17,18)19)5-10(15,16)7-12(20,21)22;1-2-3-6(4-7(11,12)9(15,16)17)5-8(13,14)10(18,19)20;1-2-5(3-6(8,9)10)4-7(11,12)13/h2-7H2,1H3;2-5H2,1H3;2-4H2,1H3/q3*-1. The van der Waals surface area contributed by atoms with Gasteiger partial charge in [-0.1, -0.05) is 46.5 Å². The molecule has 336 valence electrons. The van der Waals surface area contributed by atoms with E-state index in [2.05, 4.69) is 0 Å². The zero-order chi connectivity index (χ0) is 44.9. The third-order valence-electron chi connectivity index (χ3n) is 6.32. The van der Waals surface area contributed by atoms with E-state index >= 15 is 0 Å². The van der Waals surface area contributed by atoms with Crippen LogP contribution in [0.1, 0.15) is 104 Å². The van der Waals surface area contributed by atoms with Crippen LogP contribution >= 0.6 is 0 Å². The van der Waals surface area contributed by atoms with Gasteiger partial charge in [-0.25, -0.2) is 17.6 Å². The second-order valence-corrected chi connectivity index (χ2v) is 12.1. The van der Waals surface area contributed by atoms with Crippen molar-refractivity contribution in [1.29, 1.82) is 0 Å². The summed E-state index contributed by atoms with van der Waals surface area (Å²) in [6.45, 7) is 3.94. The van der Waals surface area contributed by atoms with Crippen LogP contribution in [-0.2, 0) is 0 Å². The summed E-state index contributed by atoms with van der Waals surface area (Å²) < 4.78 is 317. The highest BCUT2D eigenvalue weighted by Gasteiger charge is 2.58. The SMILES string of the molecule is CCC[C-](CC(F)(F)C(F)(F)F)CC(F)(F)C(F)(F)F.CCC[C-](CC(F)(F)CC(F)(F)F)CC(F)(F)CC(F)(F)F.CC[C-](CC(F)(F)F)CC(F)(F)F. The van der Waals surface area contributed by atoms with Gasteiger partial charge in [0.1, 0.15) is 12.8 Å². The minimum Gasteiger partial charge on any atom is -0.302 e. The molecule has 0 nitrogen and oxygen atoms in total. The van der Waals surface area contributed by atoms with Gasteiger partial charge in [-0.15, -0.1) is 25.7 Å². The van der Waals surface area contributed by atoms with Crippen molar-refractivity contribution in [3.05, 3.63) is 17.8 Å². The van der Waals surface area contributed by atoms with E-state index in [-0.39, 0.29) is 25.7 Å². The number of alkyl halides is 26. The van der Waals surface area contributed by atoms with Gasteiger partial charge in [0, 0.05) is 0 Å². The van der Waals surface area contributed by atoms with Gasteiger partial charge in [-0.2, -0.15) is 116 Å². The predicted molar refractivity (Wildman–Crippen MR) is 143 cm³/mol. The largest absolute Gasteiger partial charge is 0.450 e. The van der Waals surface area contributed by atoms with Gasteiger partial charge in [-0.3, -0.25) is 5.92 Å². The fourth-order valence-corrected chi connectivity index (χ4v) is 4.34. The first-order valence-corrected chi connectivity index (χ1v) is 15.3. The number of halogens is 26. The Hall–Kier alpha value is -1.82. The van der Waals surface area contributed by atoms with Gasteiger partial charge in [0.05, 0.1) is 0 Å². The number of rotatable bonds is 17.